The molecule has 3 rings (SSSR count). The largest absolute Gasteiger partial charge is 0.355 e. The first-order chi connectivity index (χ1) is 13.3. The molecule has 1 saturated heterocycles. The van der Waals surface area contributed by atoms with E-state index in [1.54, 1.807) is 6.20 Å². The van der Waals surface area contributed by atoms with Gasteiger partial charge in [-0.05, 0) is 49.9 Å². The minimum absolute atomic E-state index is 0.0691. The molecule has 0 aromatic carbocycles. The second-order valence-electron chi connectivity index (χ2n) is 8.20. The predicted molar refractivity (Wildman–Crippen MR) is 115 cm³/mol. The van der Waals surface area contributed by atoms with Crippen molar-refractivity contribution in [3.63, 3.8) is 0 Å². The molecule has 0 bridgehead atoms. The smallest absolute Gasteiger partial charge is 0.266 e. The Morgan fingerprint density at radius 1 is 1.14 bits per heavy atom. The molecule has 0 aliphatic carbocycles. The van der Waals surface area contributed by atoms with Crippen molar-refractivity contribution < 1.29 is 9.59 Å². The second kappa shape index (κ2) is 8.31. The van der Waals surface area contributed by atoms with Crippen LogP contribution in [0.5, 0.6) is 0 Å². The number of hydrogen-bond acceptors (Lipinski definition) is 5. The topological polar surface area (TPSA) is 74.3 Å². The fraction of sp³-hybridized carbons (Fsp3) is 0.476. The number of nitrogens with zero attached hydrogens (tertiary/aromatic N) is 2. The van der Waals surface area contributed by atoms with E-state index in [4.69, 9.17) is 0 Å². The molecule has 1 aliphatic heterocycles. The molecule has 7 heteroatoms. The molecular weight excluding hydrogens is 372 g/mol. The van der Waals surface area contributed by atoms with Gasteiger partial charge in [-0.1, -0.05) is 20.8 Å². The summed E-state index contributed by atoms with van der Waals surface area (Å²) in [5.74, 6) is 0.580. The number of pyridine rings is 1. The van der Waals surface area contributed by atoms with Gasteiger partial charge in [0, 0.05) is 24.7 Å². The summed E-state index contributed by atoms with van der Waals surface area (Å²) in [5, 5.41) is 6.61. The van der Waals surface area contributed by atoms with Gasteiger partial charge in [-0.25, -0.2) is 4.98 Å². The fourth-order valence-electron chi connectivity index (χ4n) is 3.10. The van der Waals surface area contributed by atoms with Crippen LogP contribution in [0.3, 0.4) is 0 Å². The van der Waals surface area contributed by atoms with Crippen molar-refractivity contribution in [3.8, 4) is 0 Å². The molecule has 3 heterocycles. The third kappa shape index (κ3) is 4.70. The van der Waals surface area contributed by atoms with Gasteiger partial charge in [-0.2, -0.15) is 0 Å². The lowest BCUT2D eigenvalue weighted by Crippen LogP contribution is -2.31. The highest BCUT2D eigenvalue weighted by molar-refractivity contribution is 7.18. The summed E-state index contributed by atoms with van der Waals surface area (Å²) in [5.41, 5.74) is 1.08. The number of nitrogens with one attached hydrogen (secondary N) is 2. The van der Waals surface area contributed by atoms with Gasteiger partial charge < -0.3 is 15.5 Å². The fourth-order valence-corrected chi connectivity index (χ4v) is 4.06. The molecule has 0 radical (unpaired) electrons. The standard InChI is InChI=1S/C21H28N4O2S/c1-14-13-16(24-20(27)21(2,3)4)28-17(14)19(26)23-15-9-8-10-22-18(15)25-11-6-5-7-12-25/h8-10,13H,5-7,11-12H2,1-4H3,(H,23,26)(H,24,27). The van der Waals surface area contributed by atoms with Crippen LogP contribution in [0.2, 0.25) is 0 Å². The molecule has 2 aromatic heterocycles. The van der Waals surface area contributed by atoms with Crippen LogP contribution >= 0.6 is 11.3 Å². The van der Waals surface area contributed by atoms with Crippen molar-refractivity contribution in [1.82, 2.24) is 4.98 Å². The van der Waals surface area contributed by atoms with Crippen LogP contribution in [-0.4, -0.2) is 29.9 Å². The minimum Gasteiger partial charge on any atom is -0.355 e. The molecule has 2 N–H and O–H groups in total. The molecule has 6 nitrogen and oxygen atoms in total. The molecule has 0 atom stereocenters. The summed E-state index contributed by atoms with van der Waals surface area (Å²) in [4.78, 5) is 32.4. The number of aromatic nitrogens is 1. The van der Waals surface area contributed by atoms with E-state index in [9.17, 15) is 9.59 Å². The van der Waals surface area contributed by atoms with Crippen molar-refractivity contribution in [2.24, 2.45) is 5.41 Å². The van der Waals surface area contributed by atoms with Crippen molar-refractivity contribution in [1.29, 1.82) is 0 Å². The van der Waals surface area contributed by atoms with Crippen LogP contribution < -0.4 is 15.5 Å². The summed E-state index contributed by atoms with van der Waals surface area (Å²) >= 11 is 1.29. The highest BCUT2D eigenvalue weighted by Gasteiger charge is 2.24. The highest BCUT2D eigenvalue weighted by Crippen LogP contribution is 2.31. The maximum atomic E-state index is 12.9. The van der Waals surface area contributed by atoms with Gasteiger partial charge in [-0.15, -0.1) is 11.3 Å². The van der Waals surface area contributed by atoms with Gasteiger partial charge in [0.2, 0.25) is 5.91 Å². The first kappa shape index (κ1) is 20.3. The van der Waals surface area contributed by atoms with Crippen LogP contribution in [0.1, 0.15) is 55.3 Å². The summed E-state index contributed by atoms with van der Waals surface area (Å²) in [6.07, 6.45) is 5.29. The Kier molecular flexibility index (Phi) is 6.03. The normalized spacial score (nSPS) is 14.6. The first-order valence-electron chi connectivity index (χ1n) is 9.69. The van der Waals surface area contributed by atoms with Gasteiger partial charge in [0.15, 0.2) is 5.82 Å². The number of thiophene rings is 1. The number of amides is 2. The summed E-state index contributed by atoms with van der Waals surface area (Å²) < 4.78 is 0. The summed E-state index contributed by atoms with van der Waals surface area (Å²) in [6.45, 7) is 9.39. The summed E-state index contributed by atoms with van der Waals surface area (Å²) in [6, 6.07) is 5.57. The van der Waals surface area contributed by atoms with Gasteiger partial charge in [-0.3, -0.25) is 9.59 Å². The van der Waals surface area contributed by atoms with Crippen LogP contribution in [0.4, 0.5) is 16.5 Å². The van der Waals surface area contributed by atoms with E-state index in [1.165, 1.54) is 17.8 Å². The van der Waals surface area contributed by atoms with E-state index < -0.39 is 5.41 Å². The number of carbonyl (C=O) groups is 2. The third-order valence-corrected chi connectivity index (χ3v) is 5.88. The molecule has 0 unspecified atom stereocenters. The molecule has 150 valence electrons. The van der Waals surface area contributed by atoms with Gasteiger partial charge in [0.1, 0.15) is 0 Å². The second-order valence-corrected chi connectivity index (χ2v) is 9.26. The van der Waals surface area contributed by atoms with Crippen molar-refractivity contribution >= 4 is 39.7 Å². The van der Waals surface area contributed by atoms with Crippen LogP contribution in [-0.2, 0) is 4.79 Å². The lowest BCUT2D eigenvalue weighted by Gasteiger charge is -2.29. The Morgan fingerprint density at radius 3 is 2.54 bits per heavy atom. The average Bonchev–Trinajstić information content (AvgIpc) is 3.02. The molecule has 0 spiro atoms. The molecule has 2 amide bonds. The van der Waals surface area contributed by atoms with E-state index in [2.05, 4.69) is 20.5 Å². The Hall–Kier alpha value is -2.41. The zero-order chi connectivity index (χ0) is 20.3. The van der Waals surface area contributed by atoms with Crippen LogP contribution in [0, 0.1) is 12.3 Å². The number of hydrogen-bond donors (Lipinski definition) is 2. The zero-order valence-electron chi connectivity index (χ0n) is 17.0. The molecule has 1 fully saturated rings. The average molecular weight is 401 g/mol. The zero-order valence-corrected chi connectivity index (χ0v) is 17.8. The van der Waals surface area contributed by atoms with E-state index in [1.807, 2.05) is 45.9 Å². The number of anilines is 3. The van der Waals surface area contributed by atoms with E-state index >= 15 is 0 Å². The monoisotopic (exact) mass is 400 g/mol. The van der Waals surface area contributed by atoms with Crippen LogP contribution in [0.25, 0.3) is 0 Å². The number of carbonyl (C=O) groups excluding carboxylic acids is 2. The first-order valence-corrected chi connectivity index (χ1v) is 10.5. The molecule has 1 aliphatic rings. The maximum absolute atomic E-state index is 12.9. The van der Waals surface area contributed by atoms with Crippen molar-refractivity contribution in [2.45, 2.75) is 47.0 Å². The van der Waals surface area contributed by atoms with Crippen molar-refractivity contribution in [2.75, 3.05) is 28.6 Å². The molecule has 2 aromatic rings. The molecule has 0 saturated carbocycles. The Bertz CT molecular complexity index is 864. The molecular formula is C21H28N4O2S. The molecule has 28 heavy (non-hydrogen) atoms. The van der Waals surface area contributed by atoms with Crippen molar-refractivity contribution in [3.05, 3.63) is 34.8 Å². The Morgan fingerprint density at radius 2 is 1.86 bits per heavy atom. The number of aryl methyl sites for hydroxylation is 1. The van der Waals surface area contributed by atoms with Gasteiger partial charge in [0.05, 0.1) is 15.6 Å². The van der Waals surface area contributed by atoms with E-state index in [0.717, 1.165) is 43.0 Å². The predicted octanol–water partition coefficient (Wildman–Crippen LogP) is 4.68. The van der Waals surface area contributed by atoms with Gasteiger partial charge >= 0.3 is 0 Å². The number of rotatable bonds is 4. The minimum atomic E-state index is -0.487. The Labute approximate surface area is 170 Å². The lowest BCUT2D eigenvalue weighted by atomic mass is 9.96. The van der Waals surface area contributed by atoms with E-state index in [0.29, 0.717) is 9.88 Å². The lowest BCUT2D eigenvalue weighted by molar-refractivity contribution is -0.123. The van der Waals surface area contributed by atoms with Crippen LogP contribution in [0.15, 0.2) is 24.4 Å². The summed E-state index contributed by atoms with van der Waals surface area (Å²) in [7, 11) is 0. The van der Waals surface area contributed by atoms with Gasteiger partial charge in [0.25, 0.3) is 5.91 Å². The number of piperidine rings is 1. The SMILES string of the molecule is Cc1cc(NC(=O)C(C)(C)C)sc1C(=O)Nc1cccnc1N1CCCCC1. The van der Waals surface area contributed by atoms with E-state index in [-0.39, 0.29) is 11.8 Å². The highest BCUT2D eigenvalue weighted by atomic mass is 32.1. The quantitative estimate of drug-likeness (QED) is 0.781. The Balaban J connectivity index is 1.76. The third-order valence-electron chi connectivity index (χ3n) is 4.73. The maximum Gasteiger partial charge on any atom is 0.266 e.